The number of anilines is 4. The number of rotatable bonds is 4. The fourth-order valence-corrected chi connectivity index (χ4v) is 11.6. The van der Waals surface area contributed by atoms with Gasteiger partial charge in [0.2, 0.25) is 0 Å². The fourth-order valence-electron chi connectivity index (χ4n) is 11.6. The second-order valence-electron chi connectivity index (χ2n) is 19.4. The van der Waals surface area contributed by atoms with Gasteiger partial charge in [0.05, 0.1) is 44.8 Å². The lowest BCUT2D eigenvalue weighted by atomic mass is 9.85. The van der Waals surface area contributed by atoms with Crippen LogP contribution in [0.15, 0.2) is 195 Å². The van der Waals surface area contributed by atoms with Gasteiger partial charge in [-0.1, -0.05) is 24.3 Å². The molecule has 16 heteroatoms. The van der Waals surface area contributed by atoms with E-state index in [-0.39, 0.29) is 44.5 Å². The van der Waals surface area contributed by atoms with Crippen molar-refractivity contribution in [2.75, 3.05) is 19.6 Å². The molecule has 0 aliphatic carbocycles. The Labute approximate surface area is 450 Å². The molecule has 4 aliphatic heterocycles. The molecule has 0 fully saturated rings. The van der Waals surface area contributed by atoms with Crippen LogP contribution in [-0.4, -0.2) is 67.2 Å². The summed E-state index contributed by atoms with van der Waals surface area (Å²) >= 11 is 0. The van der Waals surface area contributed by atoms with E-state index < -0.39 is 47.3 Å². The molecule has 8 amide bonds. The highest BCUT2D eigenvalue weighted by Crippen LogP contribution is 2.44. The Morgan fingerprint density at radius 2 is 0.537 bits per heavy atom. The number of benzene rings is 8. The number of imide groups is 4. The lowest BCUT2D eigenvalue weighted by Gasteiger charge is -2.32. The SMILES string of the molecule is O=C1c2ccc3c4c(ccc(c24)C(=O)N1c1ccc2ncccc2c1)C(=O)N(c1ccc2ncccc2c1)C3=O.O=C1c2ccc3c4c(ccc(c24)C(=O)N1c1cccc2ncccc12)C(=O)N(c1cccc2ncccc12)C3=O. The monoisotopic (exact) mass is 1040 g/mol. The summed E-state index contributed by atoms with van der Waals surface area (Å²) in [6, 6.07) is 47.8. The van der Waals surface area contributed by atoms with Crippen LogP contribution in [0.2, 0.25) is 0 Å². The molecular formula is C64H32N8O8. The number of carbonyl (C=O) groups excluding carboxylic acids is 8. The maximum atomic E-state index is 13.9. The summed E-state index contributed by atoms with van der Waals surface area (Å²) in [5, 5.41) is 4.19. The van der Waals surface area contributed by atoms with Crippen LogP contribution in [0.4, 0.5) is 22.7 Å². The van der Waals surface area contributed by atoms with Crippen molar-refractivity contribution >= 4 is 135 Å². The predicted molar refractivity (Wildman–Crippen MR) is 299 cm³/mol. The Morgan fingerprint density at radius 3 is 0.863 bits per heavy atom. The molecule has 0 radical (unpaired) electrons. The molecule has 0 spiro atoms. The van der Waals surface area contributed by atoms with Gasteiger partial charge in [-0.05, 0) is 146 Å². The van der Waals surface area contributed by atoms with Crippen molar-refractivity contribution in [3.63, 3.8) is 0 Å². The van der Waals surface area contributed by atoms with Crippen LogP contribution in [-0.2, 0) is 0 Å². The van der Waals surface area contributed by atoms with E-state index in [9.17, 15) is 38.4 Å². The van der Waals surface area contributed by atoms with Crippen LogP contribution in [0.1, 0.15) is 82.9 Å². The molecule has 0 saturated carbocycles. The molecule has 12 aromatic rings. The van der Waals surface area contributed by atoms with E-state index in [0.29, 0.717) is 66.1 Å². The number of aromatic nitrogens is 4. The van der Waals surface area contributed by atoms with Gasteiger partial charge in [0.25, 0.3) is 47.3 Å². The van der Waals surface area contributed by atoms with E-state index in [0.717, 1.165) is 41.4 Å². The molecule has 0 bridgehead atoms. The van der Waals surface area contributed by atoms with Gasteiger partial charge >= 0.3 is 0 Å². The first-order chi connectivity index (χ1) is 39.0. The Kier molecular flexibility index (Phi) is 9.74. The number of amides is 8. The van der Waals surface area contributed by atoms with Gasteiger partial charge in [-0.15, -0.1) is 0 Å². The Hall–Kier alpha value is -11.5. The van der Waals surface area contributed by atoms with Crippen molar-refractivity contribution in [2.45, 2.75) is 0 Å². The lowest BCUT2D eigenvalue weighted by molar-refractivity contribution is 0.0873. The van der Waals surface area contributed by atoms with Gasteiger partial charge in [-0.3, -0.25) is 58.3 Å². The summed E-state index contributed by atoms with van der Waals surface area (Å²) in [6.45, 7) is 0. The molecule has 8 aromatic carbocycles. The molecule has 0 atom stereocenters. The van der Waals surface area contributed by atoms with Gasteiger partial charge in [0.15, 0.2) is 0 Å². The van der Waals surface area contributed by atoms with Crippen LogP contribution in [0.3, 0.4) is 0 Å². The van der Waals surface area contributed by atoms with Crippen LogP contribution in [0.5, 0.6) is 0 Å². The number of nitrogens with zero attached hydrogens (tertiary/aromatic N) is 8. The van der Waals surface area contributed by atoms with Crippen molar-refractivity contribution in [2.24, 2.45) is 0 Å². The third kappa shape index (κ3) is 6.43. The van der Waals surface area contributed by atoms with Gasteiger partial charge in [-0.25, -0.2) is 19.6 Å². The maximum absolute atomic E-state index is 13.9. The summed E-state index contributed by atoms with van der Waals surface area (Å²) in [7, 11) is 0. The molecule has 4 aliphatic rings. The largest absolute Gasteiger partial charge is 0.268 e. The van der Waals surface area contributed by atoms with Crippen molar-refractivity contribution in [3.05, 3.63) is 239 Å². The number of pyridine rings is 4. The Bertz CT molecular complexity index is 4500. The van der Waals surface area contributed by atoms with E-state index in [1.54, 1.807) is 158 Å². The van der Waals surface area contributed by atoms with Crippen molar-refractivity contribution < 1.29 is 38.4 Å². The zero-order chi connectivity index (χ0) is 54.2. The predicted octanol–water partition coefficient (Wildman–Crippen LogP) is 11.1. The van der Waals surface area contributed by atoms with Crippen molar-refractivity contribution in [1.29, 1.82) is 0 Å². The minimum Gasteiger partial charge on any atom is -0.268 e. The molecule has 80 heavy (non-hydrogen) atoms. The summed E-state index contributed by atoms with van der Waals surface area (Å²) in [6.07, 6.45) is 6.65. The maximum Gasteiger partial charge on any atom is 0.266 e. The first-order valence-electron chi connectivity index (χ1n) is 25.2. The second-order valence-corrected chi connectivity index (χ2v) is 19.4. The van der Waals surface area contributed by atoms with E-state index >= 15 is 0 Å². The van der Waals surface area contributed by atoms with Gasteiger partial charge in [-0.2, -0.15) is 0 Å². The summed E-state index contributed by atoms with van der Waals surface area (Å²) in [5.41, 5.74) is 6.48. The number of carbonyl (C=O) groups is 8. The number of hydrogen-bond acceptors (Lipinski definition) is 12. The van der Waals surface area contributed by atoms with Crippen molar-refractivity contribution in [1.82, 2.24) is 19.9 Å². The molecule has 16 nitrogen and oxygen atoms in total. The number of fused-ring (bicyclic) bond motifs is 4. The third-order valence-corrected chi connectivity index (χ3v) is 15.2. The molecule has 8 heterocycles. The van der Waals surface area contributed by atoms with E-state index in [1.165, 1.54) is 0 Å². The topological polar surface area (TPSA) is 201 Å². The van der Waals surface area contributed by atoms with Crippen LogP contribution < -0.4 is 19.6 Å². The molecule has 0 unspecified atom stereocenters. The normalized spacial score (nSPS) is 14.6. The Morgan fingerprint density at radius 1 is 0.250 bits per heavy atom. The lowest BCUT2D eigenvalue weighted by Crippen LogP contribution is -2.43. The second kappa shape index (κ2) is 17.0. The summed E-state index contributed by atoms with van der Waals surface area (Å²) < 4.78 is 0. The van der Waals surface area contributed by atoms with Crippen LogP contribution in [0.25, 0.3) is 65.2 Å². The van der Waals surface area contributed by atoms with Crippen LogP contribution >= 0.6 is 0 Å². The smallest absolute Gasteiger partial charge is 0.266 e. The molecule has 16 rings (SSSR count). The van der Waals surface area contributed by atoms with Gasteiger partial charge < -0.3 is 0 Å². The molecule has 0 saturated heterocycles. The molecular weight excluding hydrogens is 1010 g/mol. The zero-order valence-electron chi connectivity index (χ0n) is 41.3. The average Bonchev–Trinajstić information content (AvgIpc) is 3.66. The summed E-state index contributed by atoms with van der Waals surface area (Å²) in [4.78, 5) is 132. The fraction of sp³-hybridized carbons (Fsp3) is 0. The highest BCUT2D eigenvalue weighted by molar-refractivity contribution is 6.44. The third-order valence-electron chi connectivity index (χ3n) is 15.2. The Balaban J connectivity index is 0.000000138. The average molecular weight is 1040 g/mol. The highest BCUT2D eigenvalue weighted by atomic mass is 16.2. The van der Waals surface area contributed by atoms with E-state index in [2.05, 4.69) is 19.9 Å². The summed E-state index contributed by atoms with van der Waals surface area (Å²) in [5.74, 6) is -4.19. The molecule has 0 N–H and O–H groups in total. The van der Waals surface area contributed by atoms with Gasteiger partial charge in [0.1, 0.15) is 0 Å². The van der Waals surface area contributed by atoms with E-state index in [4.69, 9.17) is 0 Å². The zero-order valence-corrected chi connectivity index (χ0v) is 41.3. The first-order valence-corrected chi connectivity index (χ1v) is 25.2. The van der Waals surface area contributed by atoms with Gasteiger partial charge in [0, 0.05) is 112 Å². The highest BCUT2D eigenvalue weighted by Gasteiger charge is 2.43. The standard InChI is InChI=1S/2C32H16N4O4/c37-29-19-11-13-21-28-22(32(40)36(31(21)39)26-10-2-8-24-18(26)6-4-16-34-24)14-12-20(27(19)28)30(38)35(29)25-9-1-7-23-17(25)5-3-15-33-23;37-29-21-7-9-23-28-24(32(40)36(31(23)39)20-6-12-26-18(16-20)4-2-14-34-26)10-8-22(27(21)28)30(38)35(29)19-5-11-25-17(15-19)3-1-13-33-25/h2*1-16H. The van der Waals surface area contributed by atoms with E-state index in [1.807, 2.05) is 36.4 Å². The first kappa shape index (κ1) is 45.8. The molecule has 376 valence electrons. The minimum atomic E-state index is -0.528. The van der Waals surface area contributed by atoms with Crippen molar-refractivity contribution in [3.8, 4) is 0 Å². The quantitative estimate of drug-likeness (QED) is 0.151. The minimum absolute atomic E-state index is 0.250. The van der Waals surface area contributed by atoms with Crippen LogP contribution in [0, 0.1) is 0 Å². The number of hydrogen-bond donors (Lipinski definition) is 0. The molecule has 4 aromatic heterocycles.